The fourth-order valence-electron chi connectivity index (χ4n) is 1.32. The molecule has 0 saturated heterocycles. The van der Waals surface area contributed by atoms with Crippen LogP contribution in [0.3, 0.4) is 0 Å². The number of nitro groups is 1. The van der Waals surface area contributed by atoms with Gasteiger partial charge in [-0.2, -0.15) is 12.6 Å². The quantitative estimate of drug-likeness (QED) is 0.319. The minimum Gasteiger partial charge on any atom is -0.480 e. The van der Waals surface area contributed by atoms with Crippen LogP contribution in [0, 0.1) is 10.1 Å². The Morgan fingerprint density at radius 3 is 2.74 bits per heavy atom. The van der Waals surface area contributed by atoms with E-state index in [9.17, 15) is 19.7 Å². The van der Waals surface area contributed by atoms with Crippen LogP contribution < -0.4 is 11.1 Å². The van der Waals surface area contributed by atoms with Gasteiger partial charge in [0, 0.05) is 11.8 Å². The lowest BCUT2D eigenvalue weighted by molar-refractivity contribution is -0.383. The number of non-ortho nitro benzene ring substituents is 1. The molecule has 2 aromatic rings. The zero-order chi connectivity index (χ0) is 17.4. The Morgan fingerprint density at radius 1 is 1.48 bits per heavy atom. The van der Waals surface area contributed by atoms with Crippen LogP contribution in [0.15, 0.2) is 22.8 Å². The van der Waals surface area contributed by atoms with E-state index >= 15 is 0 Å². The molecule has 1 aromatic carbocycles. The number of aromatic nitrogens is 2. The topological polar surface area (TPSA) is 174 Å². The molecule has 23 heavy (non-hydrogen) atoms. The lowest BCUT2D eigenvalue weighted by Gasteiger charge is -2.06. The van der Waals surface area contributed by atoms with Gasteiger partial charge in [-0.15, -0.1) is 0 Å². The number of hydrogen-bond acceptors (Lipinski definition) is 9. The van der Waals surface area contributed by atoms with Crippen LogP contribution in [-0.2, 0) is 9.59 Å². The minimum absolute atomic E-state index is 0.0891. The largest absolute Gasteiger partial charge is 0.480 e. The maximum absolute atomic E-state index is 10.7. The van der Waals surface area contributed by atoms with Gasteiger partial charge in [-0.1, -0.05) is 6.07 Å². The predicted molar refractivity (Wildman–Crippen MR) is 80.9 cm³/mol. The SMILES string of the molecule is N[C@@H](CS)C(=O)NCC(=O)O.O=[N+]([O-])c1cccc2nonc12. The normalized spacial score (nSPS) is 11.2. The Labute approximate surface area is 134 Å². The second-order valence-electron chi connectivity index (χ2n) is 4.07. The highest BCUT2D eigenvalue weighted by Crippen LogP contribution is 2.21. The number of thiol groups is 1. The maximum Gasteiger partial charge on any atom is 0.322 e. The summed E-state index contributed by atoms with van der Waals surface area (Å²) >= 11 is 3.77. The van der Waals surface area contributed by atoms with E-state index in [0.29, 0.717) is 5.52 Å². The molecule has 4 N–H and O–H groups in total. The average molecular weight is 343 g/mol. The summed E-state index contributed by atoms with van der Waals surface area (Å²) in [5.74, 6) is -1.39. The van der Waals surface area contributed by atoms with Crippen LogP contribution in [0.5, 0.6) is 0 Å². The molecule has 0 aliphatic carbocycles. The van der Waals surface area contributed by atoms with Crippen molar-refractivity contribution in [1.82, 2.24) is 15.6 Å². The molecule has 0 saturated carbocycles. The van der Waals surface area contributed by atoms with E-state index in [-0.39, 0.29) is 17.0 Å². The van der Waals surface area contributed by atoms with Gasteiger partial charge >= 0.3 is 11.7 Å². The third kappa shape index (κ3) is 5.52. The Bertz CT molecular complexity index is 705. The number of carbonyl (C=O) groups is 2. The van der Waals surface area contributed by atoms with Gasteiger partial charge in [0.25, 0.3) is 0 Å². The van der Waals surface area contributed by atoms with Crippen molar-refractivity contribution in [2.45, 2.75) is 6.04 Å². The number of nitrogens with two attached hydrogens (primary N) is 1. The van der Waals surface area contributed by atoms with Gasteiger partial charge in [-0.05, 0) is 16.4 Å². The number of carboxylic acids is 1. The number of carboxylic acid groups (broad SMARTS) is 1. The smallest absolute Gasteiger partial charge is 0.322 e. The van der Waals surface area contributed by atoms with Crippen molar-refractivity contribution < 1.29 is 24.2 Å². The summed E-state index contributed by atoms with van der Waals surface area (Å²) < 4.78 is 4.35. The van der Waals surface area contributed by atoms with Gasteiger partial charge in [-0.25, -0.2) is 4.63 Å². The molecule has 11 nitrogen and oxygen atoms in total. The molecule has 0 aliphatic heterocycles. The Kier molecular flexibility index (Phi) is 6.89. The van der Waals surface area contributed by atoms with Crippen LogP contribution in [-0.4, -0.2) is 50.6 Å². The van der Waals surface area contributed by atoms with Crippen LogP contribution in [0.2, 0.25) is 0 Å². The number of nitro benzene ring substituents is 1. The number of amides is 1. The molecule has 0 radical (unpaired) electrons. The molecule has 2 rings (SSSR count). The highest BCUT2D eigenvalue weighted by atomic mass is 32.1. The van der Waals surface area contributed by atoms with E-state index < -0.39 is 29.4 Å². The third-order valence-electron chi connectivity index (χ3n) is 2.41. The second-order valence-corrected chi connectivity index (χ2v) is 4.43. The van der Waals surface area contributed by atoms with E-state index in [2.05, 4.69) is 32.9 Å². The molecule has 1 heterocycles. The average Bonchev–Trinajstić information content (AvgIpc) is 3.00. The van der Waals surface area contributed by atoms with Gasteiger partial charge in [0.1, 0.15) is 12.1 Å². The van der Waals surface area contributed by atoms with Gasteiger partial charge in [0.05, 0.1) is 11.0 Å². The first-order valence-corrected chi connectivity index (χ1v) is 6.71. The molecule has 0 fully saturated rings. The van der Waals surface area contributed by atoms with E-state index in [1.807, 2.05) is 0 Å². The molecule has 1 atom stereocenters. The lowest BCUT2D eigenvalue weighted by atomic mass is 10.3. The van der Waals surface area contributed by atoms with Gasteiger partial charge in [0.2, 0.25) is 11.4 Å². The summed E-state index contributed by atoms with van der Waals surface area (Å²) in [4.78, 5) is 30.6. The molecular weight excluding hydrogens is 330 g/mol. The Morgan fingerprint density at radius 2 is 2.17 bits per heavy atom. The molecule has 0 unspecified atom stereocenters. The van der Waals surface area contributed by atoms with Crippen LogP contribution in [0.1, 0.15) is 0 Å². The van der Waals surface area contributed by atoms with Gasteiger partial charge < -0.3 is 16.2 Å². The Hall–Kier alpha value is -2.73. The van der Waals surface area contributed by atoms with Crippen molar-refractivity contribution >= 4 is 41.2 Å². The number of aliphatic carboxylic acids is 1. The van der Waals surface area contributed by atoms with Crippen LogP contribution in [0.4, 0.5) is 5.69 Å². The Balaban J connectivity index is 0.000000232. The van der Waals surface area contributed by atoms with Crippen molar-refractivity contribution in [2.75, 3.05) is 12.3 Å². The summed E-state index contributed by atoms with van der Waals surface area (Å²) in [6.45, 7) is -0.402. The maximum atomic E-state index is 10.7. The number of benzene rings is 1. The standard InChI is InChI=1S/C6H3N3O3.C5H10N2O3S/c10-9(11)5-3-1-2-4-6(5)8-12-7-4;6-3(2-11)5(10)7-1-4(8)9/h1-3H;3,11H,1-2,6H2,(H,7,10)(H,8,9)/t;3-/m.0/s1. The van der Waals surface area contributed by atoms with Crippen molar-refractivity contribution in [3.8, 4) is 0 Å². The zero-order valence-electron chi connectivity index (χ0n) is 11.6. The number of nitrogens with zero attached hydrogens (tertiary/aromatic N) is 3. The summed E-state index contributed by atoms with van der Waals surface area (Å²) in [5.41, 5.74) is 5.71. The van der Waals surface area contributed by atoms with Crippen molar-refractivity contribution in [3.05, 3.63) is 28.3 Å². The van der Waals surface area contributed by atoms with Crippen LogP contribution >= 0.6 is 12.6 Å². The minimum atomic E-state index is -1.09. The predicted octanol–water partition coefficient (Wildman–Crippen LogP) is -0.425. The summed E-state index contributed by atoms with van der Waals surface area (Å²) in [6.07, 6.45) is 0. The fraction of sp³-hybridized carbons (Fsp3) is 0.273. The molecule has 12 heteroatoms. The first kappa shape index (κ1) is 18.3. The number of carbonyl (C=O) groups excluding carboxylic acids is 1. The van der Waals surface area contributed by atoms with E-state index in [0.717, 1.165) is 0 Å². The molecule has 0 spiro atoms. The summed E-state index contributed by atoms with van der Waals surface area (Å²) in [6, 6.07) is 3.74. The molecule has 0 aliphatic rings. The number of hydrogen-bond donors (Lipinski definition) is 4. The van der Waals surface area contributed by atoms with Crippen molar-refractivity contribution in [1.29, 1.82) is 0 Å². The molecule has 0 bridgehead atoms. The highest BCUT2D eigenvalue weighted by molar-refractivity contribution is 7.80. The van der Waals surface area contributed by atoms with Gasteiger partial charge in [0.15, 0.2) is 0 Å². The third-order valence-corrected chi connectivity index (χ3v) is 2.80. The summed E-state index contributed by atoms with van der Waals surface area (Å²) in [5, 5.41) is 27.6. The molecule has 1 amide bonds. The molecular formula is C11H13N5O6S. The lowest BCUT2D eigenvalue weighted by Crippen LogP contribution is -2.43. The number of nitrogens with one attached hydrogen (secondary N) is 1. The second kappa shape index (κ2) is 8.65. The van der Waals surface area contributed by atoms with E-state index in [1.165, 1.54) is 12.1 Å². The van der Waals surface area contributed by atoms with E-state index in [1.54, 1.807) is 6.07 Å². The molecule has 1 aromatic heterocycles. The van der Waals surface area contributed by atoms with Crippen molar-refractivity contribution in [3.63, 3.8) is 0 Å². The number of rotatable bonds is 5. The zero-order valence-corrected chi connectivity index (χ0v) is 12.5. The monoisotopic (exact) mass is 343 g/mol. The highest BCUT2D eigenvalue weighted by Gasteiger charge is 2.14. The van der Waals surface area contributed by atoms with E-state index in [4.69, 9.17) is 10.8 Å². The molecule has 124 valence electrons. The fourth-order valence-corrected chi connectivity index (χ4v) is 1.48. The first-order valence-electron chi connectivity index (χ1n) is 6.08. The summed E-state index contributed by atoms with van der Waals surface area (Å²) in [7, 11) is 0. The van der Waals surface area contributed by atoms with Crippen LogP contribution in [0.25, 0.3) is 11.0 Å². The first-order chi connectivity index (χ1) is 10.9. The van der Waals surface area contributed by atoms with Crippen molar-refractivity contribution in [2.24, 2.45) is 5.73 Å². The number of fused-ring (bicyclic) bond motifs is 1. The van der Waals surface area contributed by atoms with Gasteiger partial charge in [-0.3, -0.25) is 19.7 Å².